The molecule has 0 spiro atoms. The molecule has 88 valence electrons. The third-order valence-corrected chi connectivity index (χ3v) is 3.58. The first-order valence-electron chi connectivity index (χ1n) is 4.80. The van der Waals surface area contributed by atoms with Crippen LogP contribution in [0, 0.1) is 6.92 Å². The van der Waals surface area contributed by atoms with Gasteiger partial charge in [0.05, 0.1) is 0 Å². The van der Waals surface area contributed by atoms with Crippen molar-refractivity contribution in [2.45, 2.75) is 6.92 Å². The molecule has 0 N–H and O–H groups in total. The minimum atomic E-state index is 1.11. The van der Waals surface area contributed by atoms with Crippen LogP contribution in [-0.4, -0.2) is 0 Å². The zero-order valence-electron chi connectivity index (χ0n) is 8.97. The minimum absolute atomic E-state index is 1.11. The van der Waals surface area contributed by atoms with Gasteiger partial charge in [-0.3, -0.25) is 0 Å². The summed E-state index contributed by atoms with van der Waals surface area (Å²) in [5.74, 6) is 0. The maximum atomic E-state index is 5.57. The van der Waals surface area contributed by atoms with Crippen molar-refractivity contribution in [1.82, 2.24) is 0 Å². The van der Waals surface area contributed by atoms with Crippen LogP contribution in [0.25, 0.3) is 0 Å². The predicted molar refractivity (Wildman–Crippen MR) is 72.5 cm³/mol. The quantitative estimate of drug-likeness (QED) is 0.560. The van der Waals surface area contributed by atoms with E-state index in [0.717, 1.165) is 18.1 Å². The van der Waals surface area contributed by atoms with Gasteiger partial charge in [-0.05, 0) is 5.30 Å². The molecule has 3 heteroatoms. The van der Waals surface area contributed by atoms with Crippen LogP contribution in [0.5, 0.6) is 0 Å². The third kappa shape index (κ3) is 5.12. The summed E-state index contributed by atoms with van der Waals surface area (Å²) in [6, 6.07) is 18.2. The van der Waals surface area contributed by atoms with E-state index in [1.54, 1.807) is 0 Å². The van der Waals surface area contributed by atoms with Crippen molar-refractivity contribution in [2.75, 3.05) is 0 Å². The number of halogens is 1. The fourth-order valence-electron chi connectivity index (χ4n) is 1.06. The summed E-state index contributed by atoms with van der Waals surface area (Å²) in [5.41, 5.74) is 1.24. The monoisotopic (exact) mass is 294 g/mol. The average molecular weight is 295 g/mol. The van der Waals surface area contributed by atoms with Crippen LogP contribution in [0.1, 0.15) is 5.56 Å². The molecular formula is C13H14ClNiP. The molecule has 2 aromatic carbocycles. The van der Waals surface area contributed by atoms with Gasteiger partial charge in [-0.25, -0.2) is 0 Å². The fraction of sp³-hybridized carbons (Fsp3) is 0.0769. The average Bonchev–Trinajstić information content (AvgIpc) is 2.31. The number of hydrogen-bond donors (Lipinski definition) is 0. The zero-order valence-corrected chi connectivity index (χ0v) is 11.9. The molecule has 1 atom stereocenters. The molecule has 0 amide bonds. The number of rotatable bonds is 1. The second kappa shape index (κ2) is 7.85. The van der Waals surface area contributed by atoms with Gasteiger partial charge < -0.3 is 0 Å². The Hall–Kier alpha value is -0.346. The molecule has 0 aliphatic carbocycles. The van der Waals surface area contributed by atoms with E-state index < -0.39 is 0 Å². The summed E-state index contributed by atoms with van der Waals surface area (Å²) < 4.78 is 1.16. The van der Waals surface area contributed by atoms with Gasteiger partial charge in [0, 0.05) is 0 Å². The van der Waals surface area contributed by atoms with Crippen LogP contribution in [0.4, 0.5) is 0 Å². The second-order valence-corrected chi connectivity index (χ2v) is 5.06. The fourth-order valence-corrected chi connectivity index (χ4v) is 2.22. The molecular weight excluding hydrogens is 281 g/mol. The molecule has 0 heterocycles. The standard InChI is InChI=1S/C7H7.C6H7P.ClH.Ni/c1-7-5-3-2-4-6-7;7-6-4-2-1-3-5-6;;/h2-5H,1H3;1-5H,7H2;1H;/q;;;+1/p-1. The van der Waals surface area contributed by atoms with Gasteiger partial charge in [0.25, 0.3) is 0 Å². The molecule has 0 saturated heterocycles. The molecule has 0 bridgehead atoms. The van der Waals surface area contributed by atoms with Gasteiger partial charge >= 0.3 is 65.0 Å². The first-order valence-corrected chi connectivity index (χ1v) is 7.23. The van der Waals surface area contributed by atoms with Crippen LogP contribution < -0.4 is 9.84 Å². The first-order chi connectivity index (χ1) is 7.74. The summed E-state index contributed by atoms with van der Waals surface area (Å²) in [6.45, 7) is 2.05. The Labute approximate surface area is 110 Å². The van der Waals surface area contributed by atoms with Gasteiger partial charge in [-0.15, -0.1) is 9.24 Å². The van der Waals surface area contributed by atoms with Gasteiger partial charge in [0.15, 0.2) is 0 Å². The number of hydrogen-bond acceptors (Lipinski definition) is 0. The third-order valence-electron chi connectivity index (χ3n) is 1.91. The Kier molecular flexibility index (Phi) is 6.73. The van der Waals surface area contributed by atoms with Crippen LogP contribution in [0.15, 0.2) is 54.6 Å². The van der Waals surface area contributed by atoms with E-state index >= 15 is 0 Å². The maximum Gasteiger partial charge on any atom is -0.0303 e. The first kappa shape index (κ1) is 13.7. The number of aryl methyl sites for hydroxylation is 1. The van der Waals surface area contributed by atoms with Crippen molar-refractivity contribution in [3.8, 4) is 0 Å². The van der Waals surface area contributed by atoms with E-state index in [1.165, 1.54) is 10.9 Å². The van der Waals surface area contributed by atoms with E-state index in [4.69, 9.17) is 10.2 Å². The zero-order chi connectivity index (χ0) is 11.8. The van der Waals surface area contributed by atoms with Gasteiger partial charge in [-0.1, -0.05) is 30.3 Å². The molecule has 0 saturated carbocycles. The molecule has 16 heavy (non-hydrogen) atoms. The van der Waals surface area contributed by atoms with Crippen molar-refractivity contribution in [2.24, 2.45) is 0 Å². The van der Waals surface area contributed by atoms with E-state index in [-0.39, 0.29) is 0 Å². The summed E-state index contributed by atoms with van der Waals surface area (Å²) in [7, 11) is 8.20. The SMILES string of the molecule is Cc1cccc[c]1[Ni][Cl].Pc1ccccc1. The molecule has 0 fully saturated rings. The van der Waals surface area contributed by atoms with E-state index in [9.17, 15) is 0 Å². The Balaban J connectivity index is 0.000000165. The summed E-state index contributed by atoms with van der Waals surface area (Å²) in [6.07, 6.45) is 0. The van der Waals surface area contributed by atoms with Crippen molar-refractivity contribution in [3.63, 3.8) is 0 Å². The summed E-state index contributed by atoms with van der Waals surface area (Å²) in [5, 5.41) is 1.24. The van der Waals surface area contributed by atoms with Crippen LogP contribution >= 0.6 is 19.4 Å². The van der Waals surface area contributed by atoms with Crippen molar-refractivity contribution >= 4 is 29.3 Å². The van der Waals surface area contributed by atoms with Crippen molar-refractivity contribution in [3.05, 3.63) is 60.2 Å². The van der Waals surface area contributed by atoms with Gasteiger partial charge in [0.1, 0.15) is 0 Å². The van der Waals surface area contributed by atoms with Crippen molar-refractivity contribution in [1.29, 1.82) is 0 Å². The van der Waals surface area contributed by atoms with Crippen LogP contribution in [0.2, 0.25) is 0 Å². The maximum absolute atomic E-state index is 5.57. The molecule has 2 rings (SSSR count). The van der Waals surface area contributed by atoms with Crippen molar-refractivity contribution < 1.29 is 13.5 Å². The summed E-state index contributed by atoms with van der Waals surface area (Å²) in [4.78, 5) is 0. The molecule has 0 nitrogen and oxygen atoms in total. The van der Waals surface area contributed by atoms with E-state index in [2.05, 4.69) is 22.2 Å². The van der Waals surface area contributed by atoms with Gasteiger partial charge in [0.2, 0.25) is 0 Å². The minimum Gasteiger partial charge on any atom is -0.106 e. The van der Waals surface area contributed by atoms with E-state index in [0.29, 0.717) is 0 Å². The largest absolute Gasteiger partial charge is 0.106 e. The van der Waals surface area contributed by atoms with Gasteiger partial charge in [-0.2, -0.15) is 0 Å². The number of benzene rings is 2. The Morgan fingerprint density at radius 1 is 0.938 bits per heavy atom. The molecule has 1 unspecified atom stereocenters. The molecule has 0 radical (unpaired) electrons. The molecule has 2 aromatic rings. The molecule has 0 aliphatic heterocycles. The van der Waals surface area contributed by atoms with Crippen LogP contribution in [-0.2, 0) is 13.5 Å². The summed E-state index contributed by atoms with van der Waals surface area (Å²) >= 11 is 1.11. The predicted octanol–water partition coefficient (Wildman–Crippen LogP) is 3.04. The second-order valence-electron chi connectivity index (χ2n) is 3.19. The molecule has 0 aliphatic rings. The Morgan fingerprint density at radius 3 is 1.88 bits per heavy atom. The Morgan fingerprint density at radius 2 is 1.50 bits per heavy atom. The van der Waals surface area contributed by atoms with Crippen LogP contribution in [0.3, 0.4) is 0 Å². The Bertz CT molecular complexity index is 417. The van der Waals surface area contributed by atoms with E-state index in [1.807, 2.05) is 48.5 Å². The topological polar surface area (TPSA) is 0 Å². The molecule has 0 aromatic heterocycles. The normalized spacial score (nSPS) is 9.44. The smallest absolute Gasteiger partial charge is 0.0303 e.